The molecule has 0 aliphatic heterocycles. The third-order valence-electron chi connectivity index (χ3n) is 3.52. The molecule has 11 nitrogen and oxygen atoms in total. The summed E-state index contributed by atoms with van der Waals surface area (Å²) in [6.07, 6.45) is 1.61. The van der Waals surface area contributed by atoms with Crippen molar-refractivity contribution in [1.82, 2.24) is 14.9 Å². The molecule has 0 saturated heterocycles. The van der Waals surface area contributed by atoms with Gasteiger partial charge in [0.05, 0.1) is 16.9 Å². The van der Waals surface area contributed by atoms with Crippen LogP contribution < -0.4 is 16.6 Å². The molecule has 0 spiro atoms. The maximum Gasteiger partial charge on any atom is 0.271 e. The minimum Gasteiger partial charge on any atom is -0.334 e. The monoisotopic (exact) mass is 412 g/mol. The van der Waals surface area contributed by atoms with E-state index in [4.69, 9.17) is 5.84 Å². The van der Waals surface area contributed by atoms with Gasteiger partial charge in [-0.2, -0.15) is 5.10 Å². The molecule has 3 rings (SSSR count). The van der Waals surface area contributed by atoms with Crippen LogP contribution in [0.4, 0.5) is 17.3 Å². The highest BCUT2D eigenvalue weighted by molar-refractivity contribution is 7.99. The number of rotatable bonds is 8. The second-order valence-electron chi connectivity index (χ2n) is 5.60. The van der Waals surface area contributed by atoms with Gasteiger partial charge in [0, 0.05) is 17.8 Å². The fourth-order valence-electron chi connectivity index (χ4n) is 2.18. The number of non-ortho nitro benzene ring substituents is 1. The Hall–Kier alpha value is -3.93. The number of benzene rings is 2. The van der Waals surface area contributed by atoms with Crippen LogP contribution in [0.25, 0.3) is 0 Å². The standard InChI is InChI=1S/C17H16N8O3S/c18-24-16(21-19-10-12-5-2-1-3-6-12)22-23-17(24)29-11-15(26)20-13-7-4-8-14(9-13)25(27)28/h1-10H,11,18H2,(H,20,26)(H,21,22)/b19-10+. The Morgan fingerprint density at radius 1 is 1.24 bits per heavy atom. The third-order valence-corrected chi connectivity index (χ3v) is 4.46. The van der Waals surface area contributed by atoms with Crippen molar-refractivity contribution in [2.24, 2.45) is 5.10 Å². The second-order valence-corrected chi connectivity index (χ2v) is 6.54. The number of nitro groups is 1. The van der Waals surface area contributed by atoms with Crippen LogP contribution >= 0.6 is 11.8 Å². The Labute approximate surface area is 169 Å². The molecule has 0 unspecified atom stereocenters. The van der Waals surface area contributed by atoms with Crippen molar-refractivity contribution in [3.8, 4) is 0 Å². The quantitative estimate of drug-likeness (QED) is 0.167. The van der Waals surface area contributed by atoms with E-state index < -0.39 is 4.92 Å². The summed E-state index contributed by atoms with van der Waals surface area (Å²) in [6, 6.07) is 15.1. The van der Waals surface area contributed by atoms with Gasteiger partial charge in [0.25, 0.3) is 11.6 Å². The molecule has 0 radical (unpaired) electrons. The van der Waals surface area contributed by atoms with Crippen LogP contribution in [0.1, 0.15) is 5.56 Å². The SMILES string of the molecule is Nn1c(N/N=C/c2ccccc2)nnc1SCC(=O)Nc1cccc([N+](=O)[O-])c1. The van der Waals surface area contributed by atoms with Gasteiger partial charge in [-0.15, -0.1) is 10.2 Å². The molecule has 1 amide bonds. The number of nitrogens with one attached hydrogen (secondary N) is 2. The fraction of sp³-hybridized carbons (Fsp3) is 0.0588. The Morgan fingerprint density at radius 2 is 2.03 bits per heavy atom. The van der Waals surface area contributed by atoms with Gasteiger partial charge >= 0.3 is 0 Å². The number of carbonyl (C=O) groups is 1. The zero-order valence-corrected chi connectivity index (χ0v) is 15.7. The Balaban J connectivity index is 1.53. The van der Waals surface area contributed by atoms with Crippen LogP contribution in [0.15, 0.2) is 64.9 Å². The highest BCUT2D eigenvalue weighted by atomic mass is 32.2. The van der Waals surface area contributed by atoms with Crippen LogP contribution in [0.2, 0.25) is 0 Å². The molecule has 0 aliphatic rings. The molecule has 0 atom stereocenters. The third kappa shape index (κ3) is 5.52. The lowest BCUT2D eigenvalue weighted by atomic mass is 10.2. The van der Waals surface area contributed by atoms with Gasteiger partial charge < -0.3 is 11.2 Å². The van der Waals surface area contributed by atoms with Crippen molar-refractivity contribution in [2.45, 2.75) is 5.16 Å². The summed E-state index contributed by atoms with van der Waals surface area (Å²) in [5, 5.41) is 25.5. The summed E-state index contributed by atoms with van der Waals surface area (Å²) in [6.45, 7) is 0. The van der Waals surface area contributed by atoms with Crippen molar-refractivity contribution >= 4 is 41.2 Å². The zero-order chi connectivity index (χ0) is 20.6. The van der Waals surface area contributed by atoms with Crippen molar-refractivity contribution in [2.75, 3.05) is 22.3 Å². The van der Waals surface area contributed by atoms with Crippen molar-refractivity contribution in [3.05, 3.63) is 70.3 Å². The maximum atomic E-state index is 12.1. The van der Waals surface area contributed by atoms with E-state index in [0.717, 1.165) is 17.3 Å². The number of anilines is 2. The number of carbonyl (C=O) groups excluding carboxylic acids is 1. The molecule has 29 heavy (non-hydrogen) atoms. The lowest BCUT2D eigenvalue weighted by Gasteiger charge is -2.05. The molecule has 1 aromatic heterocycles. The Bertz CT molecular complexity index is 1040. The molecule has 3 aromatic rings. The van der Waals surface area contributed by atoms with E-state index in [-0.39, 0.29) is 23.3 Å². The van der Waals surface area contributed by atoms with Crippen LogP contribution in [-0.4, -0.2) is 37.7 Å². The molecule has 148 valence electrons. The number of hydrogen-bond donors (Lipinski definition) is 3. The van der Waals surface area contributed by atoms with Gasteiger partial charge in [0.1, 0.15) is 0 Å². The van der Waals surface area contributed by atoms with Crippen molar-refractivity contribution < 1.29 is 9.72 Å². The molecule has 4 N–H and O–H groups in total. The van der Waals surface area contributed by atoms with E-state index in [9.17, 15) is 14.9 Å². The van der Waals surface area contributed by atoms with E-state index in [1.54, 1.807) is 12.3 Å². The van der Waals surface area contributed by atoms with E-state index in [1.165, 1.54) is 22.9 Å². The average Bonchev–Trinajstić information content (AvgIpc) is 3.07. The zero-order valence-electron chi connectivity index (χ0n) is 14.9. The molecule has 0 saturated carbocycles. The largest absolute Gasteiger partial charge is 0.334 e. The average molecular weight is 412 g/mol. The van der Waals surface area contributed by atoms with Gasteiger partial charge in [-0.05, 0) is 11.6 Å². The van der Waals surface area contributed by atoms with Gasteiger partial charge in [0.15, 0.2) is 0 Å². The van der Waals surface area contributed by atoms with E-state index >= 15 is 0 Å². The first-order valence-electron chi connectivity index (χ1n) is 8.24. The number of nitro benzene ring substituents is 1. The summed E-state index contributed by atoms with van der Waals surface area (Å²) in [4.78, 5) is 22.3. The predicted octanol–water partition coefficient (Wildman–Crippen LogP) is 2.08. The van der Waals surface area contributed by atoms with Crippen molar-refractivity contribution in [1.29, 1.82) is 0 Å². The van der Waals surface area contributed by atoms with E-state index in [2.05, 4.69) is 26.0 Å². The number of thioether (sulfide) groups is 1. The minimum atomic E-state index is -0.532. The highest BCUT2D eigenvalue weighted by Gasteiger charge is 2.13. The number of hydrazone groups is 1. The summed E-state index contributed by atoms with van der Waals surface area (Å²) < 4.78 is 1.17. The molecular weight excluding hydrogens is 396 g/mol. The summed E-state index contributed by atoms with van der Waals surface area (Å²) >= 11 is 1.06. The normalized spacial score (nSPS) is 10.8. The number of nitrogen functional groups attached to an aromatic ring is 1. The lowest BCUT2D eigenvalue weighted by Crippen LogP contribution is -2.17. The first-order valence-corrected chi connectivity index (χ1v) is 9.23. The lowest BCUT2D eigenvalue weighted by molar-refractivity contribution is -0.384. The molecule has 0 fully saturated rings. The predicted molar refractivity (Wildman–Crippen MR) is 110 cm³/mol. The van der Waals surface area contributed by atoms with Crippen LogP contribution in [0.5, 0.6) is 0 Å². The number of nitrogens with two attached hydrogens (primary N) is 1. The topological polar surface area (TPSA) is 153 Å². The number of nitrogens with zero attached hydrogens (tertiary/aromatic N) is 5. The number of aromatic nitrogens is 3. The smallest absolute Gasteiger partial charge is 0.271 e. The van der Waals surface area contributed by atoms with E-state index in [1.807, 2.05) is 30.3 Å². The fourth-order valence-corrected chi connectivity index (χ4v) is 2.84. The van der Waals surface area contributed by atoms with Gasteiger partial charge in [-0.25, -0.2) is 10.1 Å². The second kappa shape index (κ2) is 9.32. The summed E-state index contributed by atoms with van der Waals surface area (Å²) in [5.74, 6) is 5.74. The van der Waals surface area contributed by atoms with Gasteiger partial charge in [0.2, 0.25) is 11.1 Å². The molecule has 1 heterocycles. The van der Waals surface area contributed by atoms with Crippen molar-refractivity contribution in [3.63, 3.8) is 0 Å². The highest BCUT2D eigenvalue weighted by Crippen LogP contribution is 2.19. The Kier molecular flexibility index (Phi) is 6.37. The van der Waals surface area contributed by atoms with Gasteiger partial charge in [-0.1, -0.05) is 48.2 Å². The molecule has 2 aromatic carbocycles. The van der Waals surface area contributed by atoms with Crippen LogP contribution in [-0.2, 0) is 4.79 Å². The first-order chi connectivity index (χ1) is 14.0. The summed E-state index contributed by atoms with van der Waals surface area (Å²) in [5.41, 5.74) is 3.80. The minimum absolute atomic E-state index is 0.00862. The molecule has 0 aliphatic carbocycles. The molecule has 0 bridgehead atoms. The van der Waals surface area contributed by atoms with Crippen LogP contribution in [0.3, 0.4) is 0 Å². The first kappa shape index (κ1) is 19.8. The van der Waals surface area contributed by atoms with Gasteiger partial charge in [-0.3, -0.25) is 14.9 Å². The van der Waals surface area contributed by atoms with Crippen LogP contribution in [0, 0.1) is 10.1 Å². The van der Waals surface area contributed by atoms with E-state index in [0.29, 0.717) is 10.8 Å². The number of hydrogen-bond acceptors (Lipinski definition) is 9. The summed E-state index contributed by atoms with van der Waals surface area (Å²) in [7, 11) is 0. The maximum absolute atomic E-state index is 12.1. The number of amides is 1. The Morgan fingerprint density at radius 3 is 2.79 bits per heavy atom. The molecule has 12 heteroatoms. The molecular formula is C17H16N8O3S.